The number of carbonyl (C=O) groups is 4. The molecule has 1 aliphatic carbocycles. The molecule has 4 amide bonds. The Bertz CT molecular complexity index is 923. The predicted octanol–water partition coefficient (Wildman–Crippen LogP) is 1.17. The van der Waals surface area contributed by atoms with Crippen molar-refractivity contribution in [1.29, 1.82) is 0 Å². The van der Waals surface area contributed by atoms with Gasteiger partial charge in [-0.2, -0.15) is 0 Å². The molecule has 3 fully saturated rings. The van der Waals surface area contributed by atoms with Gasteiger partial charge in [-0.05, 0) is 63.3 Å². The first kappa shape index (κ1) is 18.3. The van der Waals surface area contributed by atoms with Gasteiger partial charge in [0.2, 0.25) is 11.8 Å². The number of benzene rings is 1. The second kappa shape index (κ2) is 6.66. The number of anilines is 1. The number of fused-ring (bicyclic) bond motifs is 1. The molecular weight excluding hydrogens is 372 g/mol. The highest BCUT2D eigenvalue weighted by atomic mass is 16.2. The molecule has 2 unspecified atom stereocenters. The number of hydrogen-bond donors (Lipinski definition) is 3. The zero-order valence-corrected chi connectivity index (χ0v) is 16.1. The lowest BCUT2D eigenvalue weighted by Gasteiger charge is -2.48. The lowest BCUT2D eigenvalue weighted by molar-refractivity contribution is -0.136. The van der Waals surface area contributed by atoms with Crippen molar-refractivity contribution in [2.24, 2.45) is 0 Å². The lowest BCUT2D eigenvalue weighted by Crippen LogP contribution is -2.58. The maximum atomic E-state index is 12.9. The average molecular weight is 396 g/mol. The molecule has 1 aromatic rings. The Morgan fingerprint density at radius 1 is 1.03 bits per heavy atom. The molecule has 5 rings (SSSR count). The van der Waals surface area contributed by atoms with Crippen LogP contribution in [0.15, 0.2) is 18.2 Å². The Balaban J connectivity index is 1.34. The molecule has 1 spiro atoms. The van der Waals surface area contributed by atoms with Crippen molar-refractivity contribution in [1.82, 2.24) is 15.5 Å². The van der Waals surface area contributed by atoms with E-state index in [-0.39, 0.29) is 24.3 Å². The van der Waals surface area contributed by atoms with Gasteiger partial charge in [-0.1, -0.05) is 0 Å². The van der Waals surface area contributed by atoms with Crippen LogP contribution in [0.4, 0.5) is 5.69 Å². The fraction of sp³-hybridized carbons (Fsp3) is 0.524. The molecule has 3 N–H and O–H groups in total. The molecule has 152 valence electrons. The number of imide groups is 2. The van der Waals surface area contributed by atoms with Crippen LogP contribution in [0, 0.1) is 0 Å². The summed E-state index contributed by atoms with van der Waals surface area (Å²) in [5.74, 6) is -1.90. The molecule has 8 heteroatoms. The van der Waals surface area contributed by atoms with Crippen LogP contribution >= 0.6 is 0 Å². The van der Waals surface area contributed by atoms with E-state index in [0.717, 1.165) is 30.0 Å². The molecule has 4 aliphatic rings. The largest absolute Gasteiger partial charge is 0.382 e. The Hall–Kier alpha value is -2.74. The van der Waals surface area contributed by atoms with E-state index in [4.69, 9.17) is 0 Å². The van der Waals surface area contributed by atoms with Gasteiger partial charge in [-0.25, -0.2) is 0 Å². The molecule has 0 bridgehead atoms. The van der Waals surface area contributed by atoms with Crippen LogP contribution in [0.3, 0.4) is 0 Å². The Labute approximate surface area is 168 Å². The monoisotopic (exact) mass is 396 g/mol. The minimum Gasteiger partial charge on any atom is -0.382 e. The van der Waals surface area contributed by atoms with Crippen LogP contribution in [0.5, 0.6) is 0 Å². The third-order valence-electron chi connectivity index (χ3n) is 6.75. The standard InChI is InChI=1S/C21H24N4O4/c26-17-5-4-16(18(27)24-17)25-19(28)14-3-2-12(10-15(14)20(25)29)23-13-6-9-22-21(11-13)7-1-8-21/h2-3,10,13,16,22-23H,1,4-9,11H2,(H,24,26,27). The first-order valence-corrected chi connectivity index (χ1v) is 10.3. The van der Waals surface area contributed by atoms with Crippen molar-refractivity contribution in [3.63, 3.8) is 0 Å². The summed E-state index contributed by atoms with van der Waals surface area (Å²) in [6.45, 7) is 0.976. The summed E-state index contributed by atoms with van der Waals surface area (Å²) < 4.78 is 0. The summed E-state index contributed by atoms with van der Waals surface area (Å²) in [6, 6.07) is 4.60. The van der Waals surface area contributed by atoms with Gasteiger partial charge in [0.15, 0.2) is 0 Å². The summed E-state index contributed by atoms with van der Waals surface area (Å²) in [5.41, 5.74) is 1.71. The number of amides is 4. The zero-order chi connectivity index (χ0) is 20.2. The molecule has 2 saturated heterocycles. The van der Waals surface area contributed by atoms with Crippen molar-refractivity contribution in [2.75, 3.05) is 11.9 Å². The van der Waals surface area contributed by atoms with Gasteiger partial charge >= 0.3 is 0 Å². The molecule has 3 aliphatic heterocycles. The third kappa shape index (κ3) is 3.02. The molecule has 2 atom stereocenters. The maximum absolute atomic E-state index is 12.9. The number of hydrogen-bond acceptors (Lipinski definition) is 6. The van der Waals surface area contributed by atoms with Crippen LogP contribution in [-0.2, 0) is 9.59 Å². The Morgan fingerprint density at radius 3 is 2.55 bits per heavy atom. The van der Waals surface area contributed by atoms with Crippen LogP contribution in [0.25, 0.3) is 0 Å². The number of nitrogens with one attached hydrogen (secondary N) is 3. The molecule has 3 heterocycles. The van der Waals surface area contributed by atoms with Gasteiger partial charge in [-0.3, -0.25) is 29.4 Å². The van der Waals surface area contributed by atoms with Gasteiger partial charge in [-0.15, -0.1) is 0 Å². The van der Waals surface area contributed by atoms with Crippen molar-refractivity contribution >= 4 is 29.3 Å². The summed E-state index contributed by atoms with van der Waals surface area (Å²) in [7, 11) is 0. The summed E-state index contributed by atoms with van der Waals surface area (Å²) in [5, 5.41) is 9.39. The van der Waals surface area contributed by atoms with Gasteiger partial charge < -0.3 is 10.6 Å². The quantitative estimate of drug-likeness (QED) is 0.662. The van der Waals surface area contributed by atoms with E-state index in [0.29, 0.717) is 17.2 Å². The van der Waals surface area contributed by atoms with Gasteiger partial charge in [0.1, 0.15) is 6.04 Å². The van der Waals surface area contributed by atoms with Gasteiger partial charge in [0.25, 0.3) is 11.8 Å². The van der Waals surface area contributed by atoms with Crippen LogP contribution in [-0.4, -0.2) is 52.7 Å². The first-order valence-electron chi connectivity index (χ1n) is 10.3. The van der Waals surface area contributed by atoms with E-state index in [2.05, 4.69) is 16.0 Å². The third-order valence-corrected chi connectivity index (χ3v) is 6.75. The number of carbonyl (C=O) groups excluding carboxylic acids is 4. The lowest BCUT2D eigenvalue weighted by atomic mass is 9.70. The highest BCUT2D eigenvalue weighted by Gasteiger charge is 2.45. The van der Waals surface area contributed by atoms with Gasteiger partial charge in [0.05, 0.1) is 11.1 Å². The van der Waals surface area contributed by atoms with E-state index in [1.165, 1.54) is 19.3 Å². The van der Waals surface area contributed by atoms with E-state index < -0.39 is 23.8 Å². The van der Waals surface area contributed by atoms with Crippen LogP contribution < -0.4 is 16.0 Å². The topological polar surface area (TPSA) is 108 Å². The van der Waals surface area contributed by atoms with E-state index in [1.807, 2.05) is 6.07 Å². The molecule has 0 radical (unpaired) electrons. The second-order valence-corrected chi connectivity index (χ2v) is 8.60. The Kier molecular flexibility index (Phi) is 4.20. The number of nitrogens with zero attached hydrogens (tertiary/aromatic N) is 1. The number of piperidine rings is 2. The SMILES string of the molecule is O=C1CCC(N2C(=O)c3ccc(NC4CCNC5(CCC5)C4)cc3C2=O)C(=O)N1. The average Bonchev–Trinajstić information content (AvgIpc) is 2.91. The molecule has 1 aromatic carbocycles. The summed E-state index contributed by atoms with van der Waals surface area (Å²) >= 11 is 0. The van der Waals surface area contributed by atoms with Gasteiger partial charge in [0, 0.05) is 23.7 Å². The van der Waals surface area contributed by atoms with Crippen molar-refractivity contribution in [3.05, 3.63) is 29.3 Å². The Morgan fingerprint density at radius 2 is 1.83 bits per heavy atom. The fourth-order valence-electron chi connectivity index (χ4n) is 5.06. The van der Waals surface area contributed by atoms with Crippen LogP contribution in [0.2, 0.25) is 0 Å². The van der Waals surface area contributed by atoms with E-state index in [9.17, 15) is 19.2 Å². The fourth-order valence-corrected chi connectivity index (χ4v) is 5.06. The van der Waals surface area contributed by atoms with Crippen molar-refractivity contribution in [2.45, 2.75) is 62.6 Å². The zero-order valence-electron chi connectivity index (χ0n) is 16.1. The first-order chi connectivity index (χ1) is 14.0. The minimum atomic E-state index is -0.931. The molecule has 8 nitrogen and oxygen atoms in total. The highest BCUT2D eigenvalue weighted by Crippen LogP contribution is 2.39. The smallest absolute Gasteiger partial charge is 0.262 e. The highest BCUT2D eigenvalue weighted by molar-refractivity contribution is 6.23. The molecule has 0 aromatic heterocycles. The van der Waals surface area contributed by atoms with E-state index in [1.54, 1.807) is 12.1 Å². The van der Waals surface area contributed by atoms with Crippen molar-refractivity contribution in [3.8, 4) is 0 Å². The van der Waals surface area contributed by atoms with Crippen LogP contribution in [0.1, 0.15) is 65.7 Å². The molecule has 29 heavy (non-hydrogen) atoms. The summed E-state index contributed by atoms with van der Waals surface area (Å²) in [6.07, 6.45) is 6.04. The molecular formula is C21H24N4O4. The normalized spacial score (nSPS) is 28.2. The summed E-state index contributed by atoms with van der Waals surface area (Å²) in [4.78, 5) is 50.3. The molecule has 1 saturated carbocycles. The maximum Gasteiger partial charge on any atom is 0.262 e. The number of rotatable bonds is 3. The minimum absolute atomic E-state index is 0.119. The van der Waals surface area contributed by atoms with Crippen molar-refractivity contribution < 1.29 is 19.2 Å². The predicted molar refractivity (Wildman–Crippen MR) is 104 cm³/mol. The second-order valence-electron chi connectivity index (χ2n) is 8.60. The van der Waals surface area contributed by atoms with E-state index >= 15 is 0 Å².